The van der Waals surface area contributed by atoms with Crippen LogP contribution in [0.15, 0.2) is 77.0 Å². The van der Waals surface area contributed by atoms with Gasteiger partial charge >= 0.3 is 0 Å². The smallest absolute Gasteiger partial charge is 0.266 e. The molecule has 0 aliphatic rings. The van der Waals surface area contributed by atoms with Crippen LogP contribution in [0.4, 0.5) is 5.69 Å². The predicted molar refractivity (Wildman–Crippen MR) is 123 cm³/mol. The summed E-state index contributed by atoms with van der Waals surface area (Å²) in [6.07, 6.45) is 0. The molecule has 0 fully saturated rings. The van der Waals surface area contributed by atoms with Crippen molar-refractivity contribution in [1.82, 2.24) is 9.55 Å². The van der Waals surface area contributed by atoms with Gasteiger partial charge in [0.1, 0.15) is 9.90 Å². The fourth-order valence-corrected chi connectivity index (χ4v) is 6.10. The maximum Gasteiger partial charge on any atom is 0.266 e. The lowest BCUT2D eigenvalue weighted by Gasteiger charge is -2.22. The third kappa shape index (κ3) is 3.55. The van der Waals surface area contributed by atoms with E-state index >= 15 is 0 Å². The summed E-state index contributed by atoms with van der Waals surface area (Å²) >= 11 is 1.51. The van der Waals surface area contributed by atoms with Gasteiger partial charge in [-0.3, -0.25) is 4.31 Å². The summed E-state index contributed by atoms with van der Waals surface area (Å²) < 4.78 is 30.4. The summed E-state index contributed by atoms with van der Waals surface area (Å²) in [6.45, 7) is 4.03. The highest BCUT2D eigenvalue weighted by Gasteiger charge is 2.29. The maximum absolute atomic E-state index is 13.5. The van der Waals surface area contributed by atoms with Crippen molar-refractivity contribution in [3.63, 3.8) is 0 Å². The molecule has 4 aromatic rings. The van der Waals surface area contributed by atoms with Crippen molar-refractivity contribution >= 4 is 27.0 Å². The standard InChI is InChI=1S/C23H23N3O2S2/c1-4-26(19-13-9-6-10-14-19)30(27,28)22-15-21(25(3)17(22)2)23-24-20(16-29-23)18-11-7-5-8-12-18/h5-16H,4H2,1-3H3. The van der Waals surface area contributed by atoms with Gasteiger partial charge in [-0.1, -0.05) is 48.5 Å². The molecule has 0 amide bonds. The Kier molecular flexibility index (Phi) is 5.49. The summed E-state index contributed by atoms with van der Waals surface area (Å²) in [6, 6.07) is 20.9. The Hall–Kier alpha value is -2.90. The number of para-hydroxylation sites is 1. The topological polar surface area (TPSA) is 55.2 Å². The molecule has 0 aliphatic carbocycles. The SMILES string of the molecule is CCN(c1ccccc1)S(=O)(=O)c1cc(-c2nc(-c3ccccc3)cs2)n(C)c1C. The fraction of sp³-hybridized carbons (Fsp3) is 0.174. The zero-order valence-electron chi connectivity index (χ0n) is 17.1. The van der Waals surface area contributed by atoms with Gasteiger partial charge in [-0.2, -0.15) is 0 Å². The van der Waals surface area contributed by atoms with Gasteiger partial charge in [-0.05, 0) is 32.0 Å². The minimum Gasteiger partial charge on any atom is -0.345 e. The maximum atomic E-state index is 13.5. The Morgan fingerprint density at radius 3 is 2.30 bits per heavy atom. The highest BCUT2D eigenvalue weighted by atomic mass is 32.2. The van der Waals surface area contributed by atoms with Crippen molar-refractivity contribution in [2.24, 2.45) is 7.05 Å². The van der Waals surface area contributed by atoms with Gasteiger partial charge < -0.3 is 4.57 Å². The number of hydrogen-bond donors (Lipinski definition) is 0. The quantitative estimate of drug-likeness (QED) is 0.409. The fourth-order valence-electron chi connectivity index (χ4n) is 3.47. The van der Waals surface area contributed by atoms with E-state index in [1.807, 2.05) is 91.5 Å². The van der Waals surface area contributed by atoms with E-state index < -0.39 is 10.0 Å². The number of sulfonamides is 1. The zero-order chi connectivity index (χ0) is 21.3. The Labute approximate surface area is 181 Å². The van der Waals surface area contributed by atoms with Gasteiger partial charge in [-0.15, -0.1) is 11.3 Å². The van der Waals surface area contributed by atoms with Gasteiger partial charge in [-0.25, -0.2) is 13.4 Å². The molecule has 0 spiro atoms. The van der Waals surface area contributed by atoms with E-state index in [1.165, 1.54) is 15.6 Å². The first-order chi connectivity index (χ1) is 14.4. The molecule has 0 unspecified atom stereocenters. The molecule has 4 rings (SSSR count). The molecule has 30 heavy (non-hydrogen) atoms. The molecule has 0 bridgehead atoms. The van der Waals surface area contributed by atoms with Crippen LogP contribution in [0.5, 0.6) is 0 Å². The van der Waals surface area contributed by atoms with Crippen LogP contribution in [-0.2, 0) is 17.1 Å². The normalized spacial score (nSPS) is 11.6. The van der Waals surface area contributed by atoms with Crippen LogP contribution in [0.2, 0.25) is 0 Å². The Morgan fingerprint density at radius 1 is 1.03 bits per heavy atom. The predicted octanol–water partition coefficient (Wildman–Crippen LogP) is 5.34. The van der Waals surface area contributed by atoms with Gasteiger partial charge in [0, 0.05) is 30.2 Å². The van der Waals surface area contributed by atoms with Gasteiger partial charge in [0.2, 0.25) is 0 Å². The molecule has 2 aromatic heterocycles. The number of aromatic nitrogens is 2. The van der Waals surface area contributed by atoms with Crippen LogP contribution in [0.25, 0.3) is 22.0 Å². The van der Waals surface area contributed by atoms with Crippen molar-refractivity contribution in [1.29, 1.82) is 0 Å². The van der Waals surface area contributed by atoms with Crippen molar-refractivity contribution in [3.8, 4) is 22.0 Å². The number of rotatable bonds is 6. The number of nitrogens with zero attached hydrogens (tertiary/aromatic N) is 3. The van der Waals surface area contributed by atoms with E-state index in [0.29, 0.717) is 22.8 Å². The molecule has 5 nitrogen and oxygen atoms in total. The third-order valence-electron chi connectivity index (χ3n) is 5.18. The van der Waals surface area contributed by atoms with Crippen LogP contribution < -0.4 is 4.31 Å². The third-order valence-corrected chi connectivity index (χ3v) is 8.06. The number of anilines is 1. The lowest BCUT2D eigenvalue weighted by Crippen LogP contribution is -2.31. The Balaban J connectivity index is 1.76. The monoisotopic (exact) mass is 437 g/mol. The second kappa shape index (κ2) is 8.08. The first-order valence-electron chi connectivity index (χ1n) is 9.69. The van der Waals surface area contributed by atoms with Crippen LogP contribution in [-0.4, -0.2) is 24.5 Å². The molecule has 2 heterocycles. The second-order valence-electron chi connectivity index (χ2n) is 6.95. The van der Waals surface area contributed by atoms with E-state index in [-0.39, 0.29) is 0 Å². The average Bonchev–Trinajstić information content (AvgIpc) is 3.36. The van der Waals surface area contributed by atoms with Gasteiger partial charge in [0.15, 0.2) is 0 Å². The van der Waals surface area contributed by atoms with E-state index in [4.69, 9.17) is 4.98 Å². The number of hydrogen-bond acceptors (Lipinski definition) is 4. The van der Waals surface area contributed by atoms with E-state index in [2.05, 4.69) is 0 Å². The average molecular weight is 438 g/mol. The van der Waals surface area contributed by atoms with Gasteiger partial charge in [0.25, 0.3) is 10.0 Å². The first kappa shape index (κ1) is 20.4. The summed E-state index contributed by atoms with van der Waals surface area (Å²) in [5, 5.41) is 2.80. The van der Waals surface area contributed by atoms with E-state index in [0.717, 1.165) is 22.0 Å². The highest BCUT2D eigenvalue weighted by molar-refractivity contribution is 7.92. The van der Waals surface area contributed by atoms with E-state index in [1.54, 1.807) is 6.07 Å². The molecule has 2 aromatic carbocycles. The lowest BCUT2D eigenvalue weighted by atomic mass is 10.2. The molecular weight excluding hydrogens is 414 g/mol. The van der Waals surface area contributed by atoms with Gasteiger partial charge in [0.05, 0.1) is 17.1 Å². The molecule has 7 heteroatoms. The van der Waals surface area contributed by atoms with Crippen molar-refractivity contribution in [3.05, 3.63) is 77.8 Å². The zero-order valence-corrected chi connectivity index (χ0v) is 18.7. The molecule has 0 radical (unpaired) electrons. The molecule has 0 N–H and O–H groups in total. The largest absolute Gasteiger partial charge is 0.345 e. The lowest BCUT2D eigenvalue weighted by molar-refractivity contribution is 0.591. The van der Waals surface area contributed by atoms with Crippen molar-refractivity contribution in [2.75, 3.05) is 10.8 Å². The second-order valence-corrected chi connectivity index (χ2v) is 9.64. The van der Waals surface area contributed by atoms with Crippen LogP contribution in [0.3, 0.4) is 0 Å². The summed E-state index contributed by atoms with van der Waals surface area (Å²) in [5.41, 5.74) is 4.07. The minimum atomic E-state index is -3.70. The van der Waals surface area contributed by atoms with Crippen LogP contribution >= 0.6 is 11.3 Å². The number of thiazole rings is 1. The molecular formula is C23H23N3O2S2. The van der Waals surface area contributed by atoms with E-state index in [9.17, 15) is 8.42 Å². The molecule has 0 saturated carbocycles. The van der Waals surface area contributed by atoms with Crippen LogP contribution in [0, 0.1) is 6.92 Å². The molecule has 154 valence electrons. The summed E-state index contributed by atoms with van der Waals surface area (Å²) in [4.78, 5) is 5.07. The summed E-state index contributed by atoms with van der Waals surface area (Å²) in [7, 11) is -1.82. The molecule has 0 atom stereocenters. The first-order valence-corrected chi connectivity index (χ1v) is 12.0. The molecule has 0 aliphatic heterocycles. The number of benzene rings is 2. The summed E-state index contributed by atoms with van der Waals surface area (Å²) in [5.74, 6) is 0. The van der Waals surface area contributed by atoms with Crippen LogP contribution in [0.1, 0.15) is 12.6 Å². The molecule has 0 saturated heterocycles. The highest BCUT2D eigenvalue weighted by Crippen LogP contribution is 2.34. The minimum absolute atomic E-state index is 0.308. The van der Waals surface area contributed by atoms with Crippen molar-refractivity contribution < 1.29 is 8.42 Å². The Morgan fingerprint density at radius 2 is 1.67 bits per heavy atom. The van der Waals surface area contributed by atoms with Crippen molar-refractivity contribution in [2.45, 2.75) is 18.7 Å². The Bertz CT molecular complexity index is 1260.